The first-order chi connectivity index (χ1) is 9.52. The molecular weight excluding hydrogens is 272 g/mol. The van der Waals surface area contributed by atoms with E-state index in [1.807, 2.05) is 38.1 Å². The van der Waals surface area contributed by atoms with E-state index in [0.717, 1.165) is 11.4 Å². The first-order valence-electron chi connectivity index (χ1n) is 6.83. The highest BCUT2D eigenvalue weighted by Crippen LogP contribution is 2.13. The number of hydrogen-bond acceptors (Lipinski definition) is 3. The van der Waals surface area contributed by atoms with E-state index in [1.54, 1.807) is 11.8 Å². The second-order valence-electron chi connectivity index (χ2n) is 5.11. The van der Waals surface area contributed by atoms with Crippen LogP contribution < -0.4 is 10.6 Å². The van der Waals surface area contributed by atoms with Crippen molar-refractivity contribution in [1.29, 1.82) is 0 Å². The van der Waals surface area contributed by atoms with E-state index in [9.17, 15) is 9.90 Å². The molecule has 0 saturated carbocycles. The van der Waals surface area contributed by atoms with Crippen molar-refractivity contribution >= 4 is 23.5 Å². The molecule has 0 radical (unpaired) electrons. The molecule has 0 aromatic heterocycles. The van der Waals surface area contributed by atoms with Gasteiger partial charge in [-0.2, -0.15) is 11.8 Å². The predicted molar refractivity (Wildman–Crippen MR) is 86.1 cm³/mol. The zero-order chi connectivity index (χ0) is 15.0. The van der Waals surface area contributed by atoms with Gasteiger partial charge in [-0.25, -0.2) is 4.79 Å². The monoisotopic (exact) mass is 296 g/mol. The molecule has 1 aromatic carbocycles. The smallest absolute Gasteiger partial charge is 0.319 e. The molecule has 0 saturated heterocycles. The van der Waals surface area contributed by atoms with E-state index in [2.05, 4.69) is 16.9 Å². The summed E-state index contributed by atoms with van der Waals surface area (Å²) in [5.74, 6) is 1.18. The van der Waals surface area contributed by atoms with Crippen LogP contribution in [0.4, 0.5) is 10.5 Å². The van der Waals surface area contributed by atoms with Crippen molar-refractivity contribution in [3.63, 3.8) is 0 Å². The number of aliphatic hydroxyl groups excluding tert-OH is 1. The number of anilines is 1. The Bertz CT molecular complexity index is 407. The number of hydrogen-bond donors (Lipinski definition) is 3. The van der Waals surface area contributed by atoms with E-state index in [4.69, 9.17) is 0 Å². The molecule has 0 aliphatic carbocycles. The van der Waals surface area contributed by atoms with Gasteiger partial charge < -0.3 is 15.7 Å². The molecule has 0 aliphatic heterocycles. The van der Waals surface area contributed by atoms with E-state index in [-0.39, 0.29) is 18.1 Å². The average molecular weight is 296 g/mol. The number of rotatable bonds is 7. The Balaban J connectivity index is 2.31. The van der Waals surface area contributed by atoms with E-state index in [1.165, 1.54) is 5.56 Å². The van der Waals surface area contributed by atoms with Gasteiger partial charge in [-0.15, -0.1) is 0 Å². The zero-order valence-electron chi connectivity index (χ0n) is 12.3. The third-order valence-corrected chi connectivity index (χ3v) is 3.64. The zero-order valence-corrected chi connectivity index (χ0v) is 13.2. The van der Waals surface area contributed by atoms with Crippen molar-refractivity contribution < 1.29 is 9.90 Å². The van der Waals surface area contributed by atoms with Gasteiger partial charge in [0.15, 0.2) is 0 Å². The van der Waals surface area contributed by atoms with Crippen molar-refractivity contribution in [3.05, 3.63) is 29.8 Å². The maximum absolute atomic E-state index is 11.7. The summed E-state index contributed by atoms with van der Waals surface area (Å²) in [5.41, 5.74) is 2.01. The Morgan fingerprint density at radius 1 is 1.30 bits per heavy atom. The number of carbonyl (C=O) groups excluding carboxylic acids is 1. The highest BCUT2D eigenvalue weighted by molar-refractivity contribution is 7.97. The summed E-state index contributed by atoms with van der Waals surface area (Å²) in [6.07, 6.45) is 2.25. The van der Waals surface area contributed by atoms with Crippen LogP contribution in [0.1, 0.15) is 25.8 Å². The highest BCUT2D eigenvalue weighted by atomic mass is 32.2. The van der Waals surface area contributed by atoms with Gasteiger partial charge in [0.05, 0.1) is 6.10 Å². The molecule has 0 fully saturated rings. The summed E-state index contributed by atoms with van der Waals surface area (Å²) in [6.45, 7) is 4.39. The van der Waals surface area contributed by atoms with E-state index >= 15 is 0 Å². The van der Waals surface area contributed by atoms with Crippen molar-refractivity contribution in [2.75, 3.05) is 18.1 Å². The number of carbonyl (C=O) groups is 1. The lowest BCUT2D eigenvalue weighted by Gasteiger charge is -2.14. The van der Waals surface area contributed by atoms with Crippen molar-refractivity contribution in [3.8, 4) is 0 Å². The summed E-state index contributed by atoms with van der Waals surface area (Å²) in [5, 5.41) is 15.2. The minimum Gasteiger partial charge on any atom is -0.393 e. The lowest BCUT2D eigenvalue weighted by Crippen LogP contribution is -2.32. The van der Waals surface area contributed by atoms with Crippen LogP contribution in [0, 0.1) is 5.92 Å². The Hall–Kier alpha value is -1.20. The van der Waals surface area contributed by atoms with Crippen LogP contribution in [0.3, 0.4) is 0 Å². The number of benzene rings is 1. The molecule has 2 amide bonds. The summed E-state index contributed by atoms with van der Waals surface area (Å²) >= 11 is 1.77. The Morgan fingerprint density at radius 3 is 2.50 bits per heavy atom. The number of nitrogens with one attached hydrogen (secondary N) is 2. The van der Waals surface area contributed by atoms with Crippen LogP contribution in [0.2, 0.25) is 0 Å². The lowest BCUT2D eigenvalue weighted by molar-refractivity contribution is 0.117. The third-order valence-electron chi connectivity index (χ3n) is 3.02. The normalized spacial score (nSPS) is 12.2. The fraction of sp³-hybridized carbons (Fsp3) is 0.533. The fourth-order valence-corrected chi connectivity index (χ4v) is 2.22. The molecule has 0 bridgehead atoms. The molecule has 1 rings (SSSR count). The predicted octanol–water partition coefficient (Wildman–Crippen LogP) is 3.08. The van der Waals surface area contributed by atoms with Gasteiger partial charge in [0.1, 0.15) is 0 Å². The molecule has 4 nitrogen and oxygen atoms in total. The molecule has 20 heavy (non-hydrogen) atoms. The second-order valence-corrected chi connectivity index (χ2v) is 5.98. The van der Waals surface area contributed by atoms with Crippen LogP contribution in [0.25, 0.3) is 0 Å². The van der Waals surface area contributed by atoms with Crippen molar-refractivity contribution in [1.82, 2.24) is 5.32 Å². The summed E-state index contributed by atoms with van der Waals surface area (Å²) in [6, 6.07) is 7.57. The van der Waals surface area contributed by atoms with Gasteiger partial charge >= 0.3 is 6.03 Å². The third kappa shape index (κ3) is 6.30. The number of thioether (sulfide) groups is 1. The van der Waals surface area contributed by atoms with Gasteiger partial charge in [-0.3, -0.25) is 0 Å². The molecule has 0 heterocycles. The van der Waals surface area contributed by atoms with Crippen molar-refractivity contribution in [2.24, 2.45) is 5.92 Å². The van der Waals surface area contributed by atoms with Crippen LogP contribution in [-0.4, -0.2) is 30.0 Å². The summed E-state index contributed by atoms with van der Waals surface area (Å²) in [7, 11) is 0. The van der Waals surface area contributed by atoms with Gasteiger partial charge in [0.25, 0.3) is 0 Å². The van der Waals surface area contributed by atoms with Crippen molar-refractivity contribution in [2.45, 2.75) is 32.1 Å². The quantitative estimate of drug-likeness (QED) is 0.724. The molecular formula is C15H24N2O2S. The first-order valence-corrected chi connectivity index (χ1v) is 8.23. The number of urea groups is 1. The Kier molecular flexibility index (Phi) is 7.47. The van der Waals surface area contributed by atoms with Gasteiger partial charge in [0.2, 0.25) is 0 Å². The second kappa shape index (κ2) is 8.87. The SMILES string of the molecule is CSCc1ccc(NC(=O)NCCC(O)C(C)C)cc1. The largest absolute Gasteiger partial charge is 0.393 e. The first kappa shape index (κ1) is 16.9. The molecule has 1 aromatic rings. The molecule has 3 N–H and O–H groups in total. The topological polar surface area (TPSA) is 61.4 Å². The minimum atomic E-state index is -0.374. The van der Waals surface area contributed by atoms with Gasteiger partial charge in [-0.1, -0.05) is 26.0 Å². The summed E-state index contributed by atoms with van der Waals surface area (Å²) < 4.78 is 0. The Morgan fingerprint density at radius 2 is 1.95 bits per heavy atom. The van der Waals surface area contributed by atoms with Crippen LogP contribution in [-0.2, 0) is 5.75 Å². The number of aliphatic hydroxyl groups is 1. The van der Waals surface area contributed by atoms with E-state index < -0.39 is 0 Å². The lowest BCUT2D eigenvalue weighted by atomic mass is 10.0. The van der Waals surface area contributed by atoms with Crippen LogP contribution in [0.15, 0.2) is 24.3 Å². The molecule has 0 spiro atoms. The van der Waals surface area contributed by atoms with Crippen LogP contribution >= 0.6 is 11.8 Å². The highest BCUT2D eigenvalue weighted by Gasteiger charge is 2.09. The molecule has 5 heteroatoms. The minimum absolute atomic E-state index is 0.212. The van der Waals surface area contributed by atoms with E-state index in [0.29, 0.717) is 13.0 Å². The molecule has 1 atom stereocenters. The Labute approximate surface area is 125 Å². The molecule has 0 aliphatic rings. The number of amides is 2. The summed E-state index contributed by atoms with van der Waals surface area (Å²) in [4.78, 5) is 11.7. The average Bonchev–Trinajstić information content (AvgIpc) is 2.41. The fourth-order valence-electron chi connectivity index (χ4n) is 1.69. The maximum Gasteiger partial charge on any atom is 0.319 e. The van der Waals surface area contributed by atoms with Gasteiger partial charge in [0, 0.05) is 18.0 Å². The maximum atomic E-state index is 11.7. The molecule has 1 unspecified atom stereocenters. The van der Waals surface area contributed by atoms with Gasteiger partial charge in [-0.05, 0) is 36.3 Å². The molecule has 112 valence electrons. The standard InChI is InChI=1S/C15H24N2O2S/c1-11(2)14(18)8-9-16-15(19)17-13-6-4-12(5-7-13)10-20-3/h4-7,11,14,18H,8-10H2,1-3H3,(H2,16,17,19). The van der Waals surface area contributed by atoms with Crippen LogP contribution in [0.5, 0.6) is 0 Å².